The monoisotopic (exact) mass is 363 g/mol. The van der Waals surface area contributed by atoms with Crippen LogP contribution in [0.4, 0.5) is 11.4 Å². The fourth-order valence-corrected chi connectivity index (χ4v) is 2.29. The highest BCUT2D eigenvalue weighted by Gasteiger charge is 2.04. The van der Waals surface area contributed by atoms with E-state index in [-0.39, 0.29) is 12.5 Å². The summed E-state index contributed by atoms with van der Waals surface area (Å²) in [6, 6.07) is 14.3. The highest BCUT2D eigenvalue weighted by Crippen LogP contribution is 2.20. The van der Waals surface area contributed by atoms with Crippen LogP contribution in [-0.2, 0) is 4.79 Å². The van der Waals surface area contributed by atoms with Gasteiger partial charge in [-0.15, -0.1) is 0 Å². The molecule has 21 heavy (non-hydrogen) atoms. The molecule has 6 heteroatoms. The Balaban J connectivity index is 1.92. The Labute approximate surface area is 135 Å². The molecule has 0 spiro atoms. The zero-order chi connectivity index (χ0) is 15.2. The molecule has 2 aromatic carbocycles. The third kappa shape index (κ3) is 4.48. The van der Waals surface area contributed by atoms with Crippen molar-refractivity contribution in [2.75, 3.05) is 17.2 Å². The standard InChI is InChI=1S/C15H11BrClN3O/c16-11-2-1-3-13(6-11)20-15(21)9-19-12-5-4-10(8-18)14(17)7-12/h1-7,19H,9H2,(H,20,21). The van der Waals surface area contributed by atoms with E-state index >= 15 is 0 Å². The van der Waals surface area contributed by atoms with E-state index in [1.165, 1.54) is 0 Å². The van der Waals surface area contributed by atoms with Gasteiger partial charge in [0, 0.05) is 15.8 Å². The first-order valence-electron chi connectivity index (χ1n) is 6.07. The molecule has 0 saturated heterocycles. The molecule has 0 radical (unpaired) electrons. The lowest BCUT2D eigenvalue weighted by Gasteiger charge is -2.08. The molecule has 106 valence electrons. The molecule has 0 aliphatic heterocycles. The second-order valence-electron chi connectivity index (χ2n) is 4.22. The zero-order valence-corrected chi connectivity index (χ0v) is 13.2. The van der Waals surface area contributed by atoms with Crippen molar-refractivity contribution in [2.45, 2.75) is 0 Å². The smallest absolute Gasteiger partial charge is 0.243 e. The summed E-state index contributed by atoms with van der Waals surface area (Å²) < 4.78 is 0.895. The van der Waals surface area contributed by atoms with Crippen molar-refractivity contribution < 1.29 is 4.79 Å². The second-order valence-corrected chi connectivity index (χ2v) is 5.54. The number of nitrogens with one attached hydrogen (secondary N) is 2. The lowest BCUT2D eigenvalue weighted by molar-refractivity contribution is -0.114. The number of nitrogens with zero attached hydrogens (tertiary/aromatic N) is 1. The van der Waals surface area contributed by atoms with Gasteiger partial charge in [-0.2, -0.15) is 5.26 Å². The van der Waals surface area contributed by atoms with E-state index in [9.17, 15) is 4.79 Å². The highest BCUT2D eigenvalue weighted by molar-refractivity contribution is 9.10. The Bertz CT molecular complexity index is 712. The molecule has 0 aliphatic rings. The van der Waals surface area contributed by atoms with Gasteiger partial charge in [0.2, 0.25) is 5.91 Å². The van der Waals surface area contributed by atoms with E-state index < -0.39 is 0 Å². The van der Waals surface area contributed by atoms with E-state index in [1.54, 1.807) is 24.3 Å². The quantitative estimate of drug-likeness (QED) is 0.861. The van der Waals surface area contributed by atoms with E-state index in [1.807, 2.05) is 24.3 Å². The van der Waals surface area contributed by atoms with Crippen LogP contribution in [0.15, 0.2) is 46.9 Å². The predicted octanol–water partition coefficient (Wildman–Crippen LogP) is 4.02. The number of anilines is 2. The number of carbonyl (C=O) groups excluding carboxylic acids is 1. The number of halogens is 2. The normalized spacial score (nSPS) is 9.76. The van der Waals surface area contributed by atoms with E-state index in [4.69, 9.17) is 16.9 Å². The summed E-state index contributed by atoms with van der Waals surface area (Å²) in [5.74, 6) is -0.173. The van der Waals surface area contributed by atoms with Gasteiger partial charge in [-0.05, 0) is 36.4 Å². The number of benzene rings is 2. The lowest BCUT2D eigenvalue weighted by Crippen LogP contribution is -2.21. The number of carbonyl (C=O) groups is 1. The van der Waals surface area contributed by atoms with Crippen molar-refractivity contribution in [3.8, 4) is 6.07 Å². The predicted molar refractivity (Wildman–Crippen MR) is 87.4 cm³/mol. The van der Waals surface area contributed by atoms with Crippen molar-refractivity contribution in [1.82, 2.24) is 0 Å². The molecule has 0 fully saturated rings. The number of hydrogen-bond acceptors (Lipinski definition) is 3. The van der Waals surface area contributed by atoms with Gasteiger partial charge in [0.25, 0.3) is 0 Å². The van der Waals surface area contributed by atoms with Crippen LogP contribution in [0, 0.1) is 11.3 Å². The van der Waals surface area contributed by atoms with Crippen LogP contribution in [0.5, 0.6) is 0 Å². The van der Waals surface area contributed by atoms with Crippen molar-refractivity contribution >= 4 is 44.8 Å². The third-order valence-corrected chi connectivity index (χ3v) is 3.46. The van der Waals surface area contributed by atoms with Crippen molar-refractivity contribution in [3.05, 3.63) is 57.5 Å². The van der Waals surface area contributed by atoms with Gasteiger partial charge >= 0.3 is 0 Å². The molecule has 0 saturated carbocycles. The topological polar surface area (TPSA) is 64.9 Å². The van der Waals surface area contributed by atoms with Crippen LogP contribution in [0.3, 0.4) is 0 Å². The van der Waals surface area contributed by atoms with Crippen LogP contribution in [-0.4, -0.2) is 12.5 Å². The summed E-state index contributed by atoms with van der Waals surface area (Å²) in [4.78, 5) is 11.8. The summed E-state index contributed by atoms with van der Waals surface area (Å²) >= 11 is 9.27. The minimum absolute atomic E-state index is 0.106. The Morgan fingerprint density at radius 1 is 1.24 bits per heavy atom. The Morgan fingerprint density at radius 3 is 2.71 bits per heavy atom. The summed E-state index contributed by atoms with van der Waals surface area (Å²) in [5.41, 5.74) is 1.80. The molecule has 0 aliphatic carbocycles. The van der Waals surface area contributed by atoms with Crippen LogP contribution in [0.1, 0.15) is 5.56 Å². The average molecular weight is 365 g/mol. The van der Waals surface area contributed by atoms with E-state index in [0.717, 1.165) is 4.47 Å². The molecule has 0 aromatic heterocycles. The van der Waals surface area contributed by atoms with Gasteiger partial charge in [-0.1, -0.05) is 33.6 Å². The maximum Gasteiger partial charge on any atom is 0.243 e. The summed E-state index contributed by atoms with van der Waals surface area (Å²) in [6.45, 7) is 0.106. The van der Waals surface area contributed by atoms with Gasteiger partial charge < -0.3 is 10.6 Å². The molecule has 0 heterocycles. The zero-order valence-electron chi connectivity index (χ0n) is 10.9. The maximum atomic E-state index is 11.8. The van der Waals surface area contributed by atoms with Crippen molar-refractivity contribution in [1.29, 1.82) is 5.26 Å². The molecular formula is C15H11BrClN3O. The molecule has 2 N–H and O–H groups in total. The largest absolute Gasteiger partial charge is 0.376 e. The number of hydrogen-bond donors (Lipinski definition) is 2. The Morgan fingerprint density at radius 2 is 2.05 bits per heavy atom. The van der Waals surface area contributed by atoms with Crippen LogP contribution in [0.25, 0.3) is 0 Å². The molecule has 0 bridgehead atoms. The molecule has 4 nitrogen and oxygen atoms in total. The summed E-state index contributed by atoms with van der Waals surface area (Å²) in [7, 11) is 0. The van der Waals surface area contributed by atoms with Gasteiger partial charge in [0.15, 0.2) is 0 Å². The van der Waals surface area contributed by atoms with Gasteiger partial charge in [-0.3, -0.25) is 4.79 Å². The molecular weight excluding hydrogens is 354 g/mol. The van der Waals surface area contributed by atoms with Crippen LogP contribution >= 0.6 is 27.5 Å². The number of nitriles is 1. The fraction of sp³-hybridized carbons (Fsp3) is 0.0667. The highest BCUT2D eigenvalue weighted by atomic mass is 79.9. The fourth-order valence-electron chi connectivity index (χ4n) is 1.67. The Kier molecular flexibility index (Phi) is 5.20. The lowest BCUT2D eigenvalue weighted by atomic mass is 10.2. The second kappa shape index (κ2) is 7.11. The van der Waals surface area contributed by atoms with E-state index in [2.05, 4.69) is 26.6 Å². The Hall–Kier alpha value is -2.03. The van der Waals surface area contributed by atoms with Gasteiger partial charge in [0.1, 0.15) is 6.07 Å². The van der Waals surface area contributed by atoms with Gasteiger partial charge in [-0.25, -0.2) is 0 Å². The number of rotatable bonds is 4. The van der Waals surface area contributed by atoms with Crippen LogP contribution < -0.4 is 10.6 Å². The SMILES string of the molecule is N#Cc1ccc(NCC(=O)Nc2cccc(Br)c2)cc1Cl. The minimum atomic E-state index is -0.173. The first-order valence-corrected chi connectivity index (χ1v) is 7.24. The minimum Gasteiger partial charge on any atom is -0.376 e. The van der Waals surface area contributed by atoms with Crippen molar-refractivity contribution in [2.24, 2.45) is 0 Å². The first-order chi connectivity index (χ1) is 10.1. The molecule has 2 rings (SSSR count). The average Bonchev–Trinajstić information content (AvgIpc) is 2.45. The summed E-state index contributed by atoms with van der Waals surface area (Å²) in [6.07, 6.45) is 0. The third-order valence-electron chi connectivity index (χ3n) is 2.65. The van der Waals surface area contributed by atoms with Crippen LogP contribution in [0.2, 0.25) is 5.02 Å². The van der Waals surface area contributed by atoms with Crippen molar-refractivity contribution in [3.63, 3.8) is 0 Å². The molecule has 0 atom stereocenters. The van der Waals surface area contributed by atoms with E-state index in [0.29, 0.717) is 22.0 Å². The molecule has 2 aromatic rings. The maximum absolute atomic E-state index is 11.8. The number of amides is 1. The summed E-state index contributed by atoms with van der Waals surface area (Å²) in [5, 5.41) is 14.9. The molecule has 1 amide bonds. The first kappa shape index (κ1) is 15.4. The van der Waals surface area contributed by atoms with Gasteiger partial charge in [0.05, 0.1) is 17.1 Å². The molecule has 0 unspecified atom stereocenters.